The first-order chi connectivity index (χ1) is 18.5. The van der Waals surface area contributed by atoms with E-state index in [0.29, 0.717) is 48.7 Å². The first kappa shape index (κ1) is 27.8. The minimum atomic E-state index is -0.847. The second-order valence-corrected chi connectivity index (χ2v) is 8.43. The molecule has 0 amide bonds. The van der Waals surface area contributed by atoms with E-state index < -0.39 is 14.2 Å². The molecule has 0 unspecified atom stereocenters. The zero-order valence-corrected chi connectivity index (χ0v) is 20.2. The van der Waals surface area contributed by atoms with Crippen LogP contribution in [0.25, 0.3) is 4.85 Å². The first-order valence-corrected chi connectivity index (χ1v) is 11.7. The standard InChI is InChI=1S/C13H9BN2O3.C13H13BN2O3.CH4/c1-15-10-2-5-13(16-7-10)19-11-3-4-12-9(6-11)8-18-14(12)17;15-6-9-1-4-13(16-7-9)19-11-2-3-12-10(5-11)8-18-14(12)17;/h2-7,17H,8H2;1-5,7,17H,6,8,15H2;1H4. The van der Waals surface area contributed by atoms with Crippen LogP contribution in [0.2, 0.25) is 0 Å². The molecule has 6 rings (SSSR count). The Labute approximate surface area is 227 Å². The van der Waals surface area contributed by atoms with Gasteiger partial charge in [0, 0.05) is 25.0 Å². The highest BCUT2D eigenvalue weighted by atomic mass is 16.5. The van der Waals surface area contributed by atoms with E-state index in [0.717, 1.165) is 27.6 Å². The topological polar surface area (TPSA) is 134 Å². The summed E-state index contributed by atoms with van der Waals surface area (Å²) in [7, 11) is -1.67. The summed E-state index contributed by atoms with van der Waals surface area (Å²) in [6.07, 6.45) is 3.15. The van der Waals surface area contributed by atoms with Gasteiger partial charge >= 0.3 is 14.2 Å². The lowest BCUT2D eigenvalue weighted by Crippen LogP contribution is -2.27. The lowest BCUT2D eigenvalue weighted by molar-refractivity contribution is 0.274. The number of nitrogens with zero attached hydrogens (tertiary/aromatic N) is 3. The van der Waals surface area contributed by atoms with E-state index in [-0.39, 0.29) is 7.43 Å². The summed E-state index contributed by atoms with van der Waals surface area (Å²) in [5, 5.41) is 19.0. The Bertz CT molecular complexity index is 1470. The van der Waals surface area contributed by atoms with Crippen molar-refractivity contribution in [2.45, 2.75) is 27.2 Å². The van der Waals surface area contributed by atoms with Gasteiger partial charge in [-0.15, -0.1) is 0 Å². The lowest BCUT2D eigenvalue weighted by atomic mass is 9.80. The van der Waals surface area contributed by atoms with Crippen molar-refractivity contribution in [3.8, 4) is 23.3 Å². The fraction of sp³-hybridized carbons (Fsp3) is 0.148. The van der Waals surface area contributed by atoms with E-state index in [1.165, 1.54) is 6.20 Å². The summed E-state index contributed by atoms with van der Waals surface area (Å²) >= 11 is 0. The Kier molecular flexibility index (Phi) is 8.93. The normalized spacial score (nSPS) is 12.9. The monoisotopic (exact) mass is 524 g/mol. The number of ether oxygens (including phenoxy) is 2. The average Bonchev–Trinajstić information content (AvgIpc) is 3.51. The van der Waals surface area contributed by atoms with Gasteiger partial charge in [0.05, 0.1) is 19.8 Å². The Morgan fingerprint density at radius 3 is 1.79 bits per heavy atom. The van der Waals surface area contributed by atoms with Gasteiger partial charge in [-0.3, -0.25) is 0 Å². The molecule has 12 heteroatoms. The molecule has 0 aliphatic carbocycles. The molecule has 0 bridgehead atoms. The van der Waals surface area contributed by atoms with E-state index >= 15 is 0 Å². The molecule has 4 N–H and O–H groups in total. The highest BCUT2D eigenvalue weighted by Crippen LogP contribution is 2.24. The van der Waals surface area contributed by atoms with Gasteiger partial charge in [-0.25, -0.2) is 14.8 Å². The number of benzene rings is 2. The molecule has 4 heterocycles. The van der Waals surface area contributed by atoms with Gasteiger partial charge in [-0.2, -0.15) is 0 Å². The number of rotatable bonds is 5. The lowest BCUT2D eigenvalue weighted by Gasteiger charge is -2.06. The van der Waals surface area contributed by atoms with Crippen molar-refractivity contribution in [2.75, 3.05) is 0 Å². The average molecular weight is 524 g/mol. The number of hydrogen-bond donors (Lipinski definition) is 3. The summed E-state index contributed by atoms with van der Waals surface area (Å²) in [5.41, 5.74) is 10.3. The highest BCUT2D eigenvalue weighted by molar-refractivity contribution is 6.62. The van der Waals surface area contributed by atoms with Gasteiger partial charge in [0.1, 0.15) is 11.5 Å². The summed E-state index contributed by atoms with van der Waals surface area (Å²) < 4.78 is 21.5. The predicted molar refractivity (Wildman–Crippen MR) is 147 cm³/mol. The predicted octanol–water partition coefficient (Wildman–Crippen LogP) is 2.83. The second-order valence-electron chi connectivity index (χ2n) is 8.43. The molecular weight excluding hydrogens is 498 g/mol. The highest BCUT2D eigenvalue weighted by Gasteiger charge is 2.28. The van der Waals surface area contributed by atoms with Crippen molar-refractivity contribution >= 4 is 30.8 Å². The second kappa shape index (κ2) is 12.5. The molecule has 2 aliphatic rings. The van der Waals surface area contributed by atoms with Crippen LogP contribution < -0.4 is 26.1 Å². The molecule has 0 atom stereocenters. The maximum atomic E-state index is 9.53. The maximum Gasteiger partial charge on any atom is 0.491 e. The van der Waals surface area contributed by atoms with Gasteiger partial charge < -0.3 is 34.6 Å². The summed E-state index contributed by atoms with van der Waals surface area (Å²) in [5.74, 6) is 2.23. The van der Waals surface area contributed by atoms with Gasteiger partial charge in [0.15, 0.2) is 0 Å². The molecule has 0 radical (unpaired) electrons. The summed E-state index contributed by atoms with van der Waals surface area (Å²) in [4.78, 5) is 11.5. The van der Waals surface area contributed by atoms with Gasteiger partial charge in [-0.1, -0.05) is 25.6 Å². The Hall–Kier alpha value is -4.24. The zero-order chi connectivity index (χ0) is 26.5. The minimum Gasteiger partial charge on any atom is -0.439 e. The first-order valence-electron chi connectivity index (χ1n) is 11.7. The maximum absolute atomic E-state index is 9.53. The third kappa shape index (κ3) is 6.61. The van der Waals surface area contributed by atoms with Crippen LogP contribution in [0.4, 0.5) is 5.69 Å². The van der Waals surface area contributed by atoms with Crippen molar-refractivity contribution in [2.24, 2.45) is 5.73 Å². The minimum absolute atomic E-state index is 0. The van der Waals surface area contributed by atoms with E-state index in [4.69, 9.17) is 31.1 Å². The number of aromatic nitrogens is 2. The van der Waals surface area contributed by atoms with E-state index in [1.807, 2.05) is 18.2 Å². The third-order valence-electron chi connectivity index (χ3n) is 5.88. The van der Waals surface area contributed by atoms with Gasteiger partial charge in [-0.05, 0) is 64.0 Å². The smallest absolute Gasteiger partial charge is 0.439 e. The SMILES string of the molecule is C.NCc1ccc(Oc2ccc3c(c2)COB3O)nc1.[C-]#[N+]c1ccc(Oc2ccc3c(c2)COB3O)nc1. The molecular formula is C27H26B2N4O6. The molecule has 2 aromatic heterocycles. The Balaban J connectivity index is 0.000000176. The number of hydrogen-bond acceptors (Lipinski definition) is 9. The Morgan fingerprint density at radius 1 is 0.821 bits per heavy atom. The summed E-state index contributed by atoms with van der Waals surface area (Å²) in [6, 6.07) is 17.7. The van der Waals surface area contributed by atoms with E-state index in [9.17, 15) is 10.0 Å². The van der Waals surface area contributed by atoms with Crippen LogP contribution in [0.15, 0.2) is 73.1 Å². The number of nitrogens with two attached hydrogens (primary N) is 1. The molecule has 0 spiro atoms. The molecule has 196 valence electrons. The van der Waals surface area contributed by atoms with Crippen LogP contribution in [-0.4, -0.2) is 34.3 Å². The molecule has 39 heavy (non-hydrogen) atoms. The van der Waals surface area contributed by atoms with Crippen molar-refractivity contribution in [1.29, 1.82) is 0 Å². The molecule has 0 saturated carbocycles. The van der Waals surface area contributed by atoms with Gasteiger partial charge in [0.25, 0.3) is 0 Å². The van der Waals surface area contributed by atoms with E-state index in [2.05, 4.69) is 14.8 Å². The Morgan fingerprint density at radius 2 is 1.36 bits per heavy atom. The quantitative estimate of drug-likeness (QED) is 0.266. The van der Waals surface area contributed by atoms with Crippen LogP contribution >= 0.6 is 0 Å². The van der Waals surface area contributed by atoms with Crippen molar-refractivity contribution in [3.05, 3.63) is 101 Å². The molecule has 0 fully saturated rings. The van der Waals surface area contributed by atoms with Crippen LogP contribution in [-0.2, 0) is 29.1 Å². The molecule has 0 saturated heterocycles. The van der Waals surface area contributed by atoms with Crippen LogP contribution in [0, 0.1) is 6.57 Å². The number of fused-ring (bicyclic) bond motifs is 2. The summed E-state index contributed by atoms with van der Waals surface area (Å²) in [6.45, 7) is 8.07. The largest absolute Gasteiger partial charge is 0.491 e. The van der Waals surface area contributed by atoms with Crippen LogP contribution in [0.1, 0.15) is 24.1 Å². The van der Waals surface area contributed by atoms with Crippen molar-refractivity contribution in [1.82, 2.24) is 9.97 Å². The van der Waals surface area contributed by atoms with Crippen LogP contribution in [0.5, 0.6) is 23.3 Å². The molecule has 2 aliphatic heterocycles. The fourth-order valence-corrected chi connectivity index (χ4v) is 3.87. The fourth-order valence-electron chi connectivity index (χ4n) is 3.87. The van der Waals surface area contributed by atoms with Gasteiger partial charge in [0.2, 0.25) is 17.4 Å². The molecule has 10 nitrogen and oxygen atoms in total. The molecule has 4 aromatic rings. The zero-order valence-electron chi connectivity index (χ0n) is 20.2. The van der Waals surface area contributed by atoms with Crippen molar-refractivity contribution in [3.63, 3.8) is 0 Å². The van der Waals surface area contributed by atoms with E-state index in [1.54, 1.807) is 48.7 Å². The molecule has 2 aromatic carbocycles. The van der Waals surface area contributed by atoms with Crippen LogP contribution in [0.3, 0.4) is 0 Å². The van der Waals surface area contributed by atoms with Crippen molar-refractivity contribution < 1.29 is 28.8 Å². The number of pyridine rings is 2. The third-order valence-corrected chi connectivity index (χ3v) is 5.88.